The summed E-state index contributed by atoms with van der Waals surface area (Å²) in [4.78, 5) is 0. The average Bonchev–Trinajstić information content (AvgIpc) is 2.78. The molecule has 0 saturated carbocycles. The summed E-state index contributed by atoms with van der Waals surface area (Å²) in [6.45, 7) is 2.95. The molecule has 0 amide bonds. The van der Waals surface area contributed by atoms with Crippen molar-refractivity contribution in [2.75, 3.05) is 0 Å². The van der Waals surface area contributed by atoms with E-state index in [1.54, 1.807) is 0 Å². The third-order valence-corrected chi connectivity index (χ3v) is 5.76. The third-order valence-electron chi connectivity index (χ3n) is 5.76. The van der Waals surface area contributed by atoms with E-state index >= 15 is 0 Å². The van der Waals surface area contributed by atoms with Gasteiger partial charge in [0.1, 0.15) is 5.60 Å². The maximum Gasteiger partial charge on any atom is 0.460 e. The molecule has 0 aliphatic rings. The van der Waals surface area contributed by atoms with Gasteiger partial charge in [0.15, 0.2) is 0 Å². The Bertz CT molecular complexity index is 1080. The highest BCUT2D eigenvalue weighted by molar-refractivity contribution is 5.43. The Hall–Kier alpha value is -2.51. The van der Waals surface area contributed by atoms with Gasteiger partial charge in [0, 0.05) is 0 Å². The van der Waals surface area contributed by atoms with Crippen molar-refractivity contribution in [3.05, 3.63) is 71.3 Å². The normalized spacial score (nSPS) is 16.1. The van der Waals surface area contributed by atoms with Crippen molar-refractivity contribution in [2.24, 2.45) is 0 Å². The van der Waals surface area contributed by atoms with Crippen molar-refractivity contribution in [3.8, 4) is 0 Å². The first kappa shape index (κ1) is 30.7. The van der Waals surface area contributed by atoms with Crippen LogP contribution in [-0.2, 0) is 5.60 Å². The number of benzene rings is 2. The van der Waals surface area contributed by atoms with E-state index in [0.29, 0.717) is 0 Å². The molecule has 0 saturated heterocycles. The molecular weight excluding hydrogens is 539 g/mol. The fourth-order valence-corrected chi connectivity index (χ4v) is 3.68. The van der Waals surface area contributed by atoms with Gasteiger partial charge in [-0.3, -0.25) is 0 Å². The van der Waals surface area contributed by atoms with Crippen LogP contribution < -0.4 is 0 Å². The summed E-state index contributed by atoms with van der Waals surface area (Å²) in [7, 11) is 0. The van der Waals surface area contributed by atoms with Crippen LogP contribution in [0.15, 0.2) is 54.6 Å². The van der Waals surface area contributed by atoms with E-state index in [9.17, 15) is 62.2 Å². The predicted octanol–water partition coefficient (Wildman–Crippen LogP) is 8.17. The highest BCUT2D eigenvalue weighted by Gasteiger charge is 2.90. The Morgan fingerprint density at radius 1 is 0.595 bits per heavy atom. The molecule has 37 heavy (non-hydrogen) atoms. The lowest BCUT2D eigenvalue weighted by atomic mass is 9.76. The number of hydrogen-bond acceptors (Lipinski definition) is 1. The van der Waals surface area contributed by atoms with Crippen LogP contribution in [0.4, 0.5) is 57.1 Å². The van der Waals surface area contributed by atoms with Gasteiger partial charge in [0.2, 0.25) is 0 Å². The molecule has 0 aliphatic carbocycles. The van der Waals surface area contributed by atoms with Crippen LogP contribution in [0.5, 0.6) is 0 Å². The number of rotatable bonds is 9. The van der Waals surface area contributed by atoms with Gasteiger partial charge >= 0.3 is 35.8 Å². The van der Waals surface area contributed by atoms with E-state index in [4.69, 9.17) is 0 Å². The van der Waals surface area contributed by atoms with Gasteiger partial charge in [-0.25, -0.2) is 0 Å². The van der Waals surface area contributed by atoms with E-state index < -0.39 is 64.9 Å². The highest BCUT2D eigenvalue weighted by atomic mass is 19.4. The molecule has 0 radical (unpaired) electrons. The molecule has 0 fully saturated rings. The zero-order valence-electron chi connectivity index (χ0n) is 18.8. The summed E-state index contributed by atoms with van der Waals surface area (Å²) in [6.07, 6.45) is -10.3. The molecule has 0 aromatic heterocycles. The molecule has 1 N–H and O–H groups in total. The van der Waals surface area contributed by atoms with Crippen molar-refractivity contribution in [1.82, 2.24) is 0 Å². The second kappa shape index (κ2) is 9.35. The van der Waals surface area contributed by atoms with E-state index in [0.717, 1.165) is 36.4 Å². The standard InChI is InChI=1S/C23H19F13O/c1-13(2)15-10-6-7-11-16(15)17(37,14-8-4-3-5-9-14)12-18(24,25)19(26,27)20(28,29)21(30,31)22(32,33)23(34,35)36/h3-11,13,37H,12H2,1-2H3. The van der Waals surface area contributed by atoms with Crippen LogP contribution in [0, 0.1) is 0 Å². The van der Waals surface area contributed by atoms with Gasteiger partial charge < -0.3 is 5.11 Å². The predicted molar refractivity (Wildman–Crippen MR) is 105 cm³/mol. The van der Waals surface area contributed by atoms with Crippen LogP contribution in [0.25, 0.3) is 0 Å². The molecular formula is C23H19F13O. The van der Waals surface area contributed by atoms with Crippen molar-refractivity contribution < 1.29 is 62.2 Å². The summed E-state index contributed by atoms with van der Waals surface area (Å²) in [5.41, 5.74) is -4.42. The molecule has 14 heteroatoms. The minimum Gasteiger partial charge on any atom is -0.380 e. The summed E-state index contributed by atoms with van der Waals surface area (Å²) in [5.74, 6) is -38.3. The van der Waals surface area contributed by atoms with Gasteiger partial charge in [-0.05, 0) is 22.6 Å². The van der Waals surface area contributed by atoms with E-state index in [1.165, 1.54) is 32.0 Å². The second-order valence-electron chi connectivity index (χ2n) is 8.64. The Balaban J connectivity index is 2.74. The maximum atomic E-state index is 14.9. The van der Waals surface area contributed by atoms with Crippen molar-refractivity contribution in [1.29, 1.82) is 0 Å². The lowest BCUT2D eigenvalue weighted by Gasteiger charge is -2.42. The van der Waals surface area contributed by atoms with Gasteiger partial charge in [0.05, 0.1) is 6.42 Å². The van der Waals surface area contributed by atoms with Crippen molar-refractivity contribution in [3.63, 3.8) is 0 Å². The first-order valence-electron chi connectivity index (χ1n) is 10.3. The SMILES string of the molecule is CC(C)c1ccccc1C(O)(CC(F)(F)C(F)(F)C(F)(F)C(F)(F)C(F)(F)C(F)(F)F)c1ccccc1. The van der Waals surface area contributed by atoms with Crippen LogP contribution in [-0.4, -0.2) is 40.9 Å². The average molecular weight is 558 g/mol. The molecule has 0 bridgehead atoms. The smallest absolute Gasteiger partial charge is 0.380 e. The van der Waals surface area contributed by atoms with Gasteiger partial charge in [0.25, 0.3) is 0 Å². The fourth-order valence-electron chi connectivity index (χ4n) is 3.68. The van der Waals surface area contributed by atoms with E-state index in [1.807, 2.05) is 0 Å². The Morgan fingerprint density at radius 3 is 1.49 bits per heavy atom. The van der Waals surface area contributed by atoms with Crippen molar-refractivity contribution in [2.45, 2.75) is 67.6 Å². The molecule has 208 valence electrons. The molecule has 0 heterocycles. The molecule has 1 unspecified atom stereocenters. The topological polar surface area (TPSA) is 20.2 Å². The summed E-state index contributed by atoms with van der Waals surface area (Å²) in [6, 6.07) is 10.1. The van der Waals surface area contributed by atoms with Crippen LogP contribution in [0.1, 0.15) is 42.9 Å². The first-order chi connectivity index (χ1) is 16.5. The van der Waals surface area contributed by atoms with Gasteiger partial charge in [-0.1, -0.05) is 68.4 Å². The van der Waals surface area contributed by atoms with E-state index in [2.05, 4.69) is 0 Å². The van der Waals surface area contributed by atoms with Crippen LogP contribution in [0.2, 0.25) is 0 Å². The summed E-state index contributed by atoms with van der Waals surface area (Å²) in [5, 5.41) is 11.3. The molecule has 0 spiro atoms. The number of hydrogen-bond donors (Lipinski definition) is 1. The van der Waals surface area contributed by atoms with E-state index in [-0.39, 0.29) is 5.56 Å². The Labute approximate surface area is 201 Å². The lowest BCUT2D eigenvalue weighted by molar-refractivity contribution is -0.441. The molecule has 1 nitrogen and oxygen atoms in total. The van der Waals surface area contributed by atoms with Crippen molar-refractivity contribution >= 4 is 0 Å². The quantitative estimate of drug-likeness (QED) is 0.308. The minimum absolute atomic E-state index is 0.0358. The number of halogens is 13. The second-order valence-corrected chi connectivity index (χ2v) is 8.64. The van der Waals surface area contributed by atoms with Gasteiger partial charge in [-0.15, -0.1) is 0 Å². The molecule has 2 aromatic carbocycles. The highest BCUT2D eigenvalue weighted by Crippen LogP contribution is 2.61. The zero-order valence-corrected chi connectivity index (χ0v) is 18.8. The number of alkyl halides is 13. The molecule has 1 atom stereocenters. The third kappa shape index (κ3) is 4.76. The maximum absolute atomic E-state index is 14.9. The van der Waals surface area contributed by atoms with Crippen LogP contribution in [0.3, 0.4) is 0 Å². The van der Waals surface area contributed by atoms with Crippen LogP contribution >= 0.6 is 0 Å². The summed E-state index contributed by atoms with van der Waals surface area (Å²) >= 11 is 0. The largest absolute Gasteiger partial charge is 0.460 e. The lowest BCUT2D eigenvalue weighted by Crippen LogP contribution is -2.70. The molecule has 2 aromatic rings. The minimum atomic E-state index is -8.01. The first-order valence-corrected chi connectivity index (χ1v) is 10.3. The number of aliphatic hydroxyl groups is 1. The Morgan fingerprint density at radius 2 is 1.03 bits per heavy atom. The molecule has 0 aliphatic heterocycles. The zero-order chi connectivity index (χ0) is 28.9. The Kier molecular flexibility index (Phi) is 7.76. The molecule has 2 rings (SSSR count). The van der Waals surface area contributed by atoms with Gasteiger partial charge in [-0.2, -0.15) is 57.1 Å². The fraction of sp³-hybridized carbons (Fsp3) is 0.478. The monoisotopic (exact) mass is 558 g/mol. The summed E-state index contributed by atoms with van der Waals surface area (Å²) < 4.78 is 177.